The minimum Gasteiger partial charge on any atom is -0.396 e. The molecule has 0 bridgehead atoms. The maximum absolute atomic E-state index is 5.94. The van der Waals surface area contributed by atoms with Gasteiger partial charge in [-0.05, 0) is 36.1 Å². The minimum atomic E-state index is 0.587. The molecule has 1 aliphatic rings. The molecule has 0 saturated carbocycles. The maximum Gasteiger partial charge on any atom is 0.149 e. The molecule has 0 saturated heterocycles. The highest BCUT2D eigenvalue weighted by Crippen LogP contribution is 2.34. The molecule has 1 aromatic carbocycles. The molecule has 1 aliphatic carbocycles. The van der Waals surface area contributed by atoms with Crippen LogP contribution in [0.2, 0.25) is 0 Å². The van der Waals surface area contributed by atoms with E-state index in [1.165, 1.54) is 11.1 Å². The SMILES string of the molecule is Cc1cnc(NCC2Cc3ccccc32)c(N)c1. The summed E-state index contributed by atoms with van der Waals surface area (Å²) in [6.45, 7) is 2.90. The van der Waals surface area contributed by atoms with Gasteiger partial charge in [-0.15, -0.1) is 0 Å². The largest absolute Gasteiger partial charge is 0.396 e. The van der Waals surface area contributed by atoms with E-state index in [9.17, 15) is 0 Å². The van der Waals surface area contributed by atoms with Crippen molar-refractivity contribution in [2.45, 2.75) is 19.3 Å². The van der Waals surface area contributed by atoms with Gasteiger partial charge in [-0.1, -0.05) is 24.3 Å². The molecule has 0 spiro atoms. The summed E-state index contributed by atoms with van der Waals surface area (Å²) in [5, 5.41) is 3.35. The fourth-order valence-electron chi connectivity index (χ4n) is 2.50. The monoisotopic (exact) mass is 239 g/mol. The van der Waals surface area contributed by atoms with E-state index in [4.69, 9.17) is 5.73 Å². The van der Waals surface area contributed by atoms with Crippen LogP contribution in [0.1, 0.15) is 22.6 Å². The van der Waals surface area contributed by atoms with Crippen LogP contribution in [-0.4, -0.2) is 11.5 Å². The molecule has 1 atom stereocenters. The summed E-state index contributed by atoms with van der Waals surface area (Å²) in [6, 6.07) is 10.6. The van der Waals surface area contributed by atoms with Crippen molar-refractivity contribution in [3.05, 3.63) is 53.2 Å². The third kappa shape index (κ3) is 1.92. The standard InChI is InChI=1S/C15H17N3/c1-10-6-14(16)15(17-8-10)18-9-12-7-11-4-2-3-5-13(11)12/h2-6,8,12H,7,9,16H2,1H3,(H,17,18). The Morgan fingerprint density at radius 3 is 3.00 bits per heavy atom. The molecule has 1 aromatic heterocycles. The molecule has 3 nitrogen and oxygen atoms in total. The summed E-state index contributed by atoms with van der Waals surface area (Å²) in [6.07, 6.45) is 2.99. The summed E-state index contributed by atoms with van der Waals surface area (Å²) in [4.78, 5) is 4.33. The van der Waals surface area contributed by atoms with Gasteiger partial charge in [0, 0.05) is 18.7 Å². The molecule has 3 N–H and O–H groups in total. The average molecular weight is 239 g/mol. The fourth-order valence-corrected chi connectivity index (χ4v) is 2.50. The molecule has 18 heavy (non-hydrogen) atoms. The Morgan fingerprint density at radius 2 is 2.22 bits per heavy atom. The highest BCUT2D eigenvalue weighted by atomic mass is 15.0. The second kappa shape index (κ2) is 4.33. The van der Waals surface area contributed by atoms with Gasteiger partial charge in [0.25, 0.3) is 0 Å². The lowest BCUT2D eigenvalue weighted by Gasteiger charge is -2.30. The van der Waals surface area contributed by atoms with Crippen LogP contribution in [0.4, 0.5) is 11.5 Å². The van der Waals surface area contributed by atoms with Gasteiger partial charge >= 0.3 is 0 Å². The van der Waals surface area contributed by atoms with E-state index in [-0.39, 0.29) is 0 Å². The Bertz CT molecular complexity index is 578. The van der Waals surface area contributed by atoms with E-state index in [2.05, 4.69) is 34.6 Å². The number of hydrogen-bond donors (Lipinski definition) is 2. The minimum absolute atomic E-state index is 0.587. The van der Waals surface area contributed by atoms with Crippen molar-refractivity contribution in [3.8, 4) is 0 Å². The number of anilines is 2. The van der Waals surface area contributed by atoms with Crippen molar-refractivity contribution in [1.82, 2.24) is 4.98 Å². The number of benzene rings is 1. The summed E-state index contributed by atoms with van der Waals surface area (Å²) in [5.74, 6) is 1.38. The summed E-state index contributed by atoms with van der Waals surface area (Å²) in [5.41, 5.74) is 10.7. The molecule has 0 amide bonds. The van der Waals surface area contributed by atoms with Gasteiger partial charge in [-0.25, -0.2) is 4.98 Å². The number of rotatable bonds is 3. The van der Waals surface area contributed by atoms with Gasteiger partial charge in [0.2, 0.25) is 0 Å². The zero-order valence-corrected chi connectivity index (χ0v) is 10.5. The first kappa shape index (κ1) is 11.1. The number of aromatic nitrogens is 1. The maximum atomic E-state index is 5.94. The molecule has 0 fully saturated rings. The molecule has 1 unspecified atom stereocenters. The summed E-state index contributed by atoms with van der Waals surface area (Å²) < 4.78 is 0. The Labute approximate surface area is 107 Å². The van der Waals surface area contributed by atoms with Gasteiger partial charge in [0.15, 0.2) is 0 Å². The topological polar surface area (TPSA) is 50.9 Å². The number of nitrogens with one attached hydrogen (secondary N) is 1. The van der Waals surface area contributed by atoms with Crippen molar-refractivity contribution in [3.63, 3.8) is 0 Å². The van der Waals surface area contributed by atoms with Crippen molar-refractivity contribution in [2.75, 3.05) is 17.6 Å². The van der Waals surface area contributed by atoms with Crippen LogP contribution in [0.3, 0.4) is 0 Å². The van der Waals surface area contributed by atoms with Crippen LogP contribution >= 0.6 is 0 Å². The van der Waals surface area contributed by atoms with Crippen molar-refractivity contribution in [1.29, 1.82) is 0 Å². The van der Waals surface area contributed by atoms with Crippen molar-refractivity contribution < 1.29 is 0 Å². The van der Waals surface area contributed by atoms with Crippen LogP contribution in [0.5, 0.6) is 0 Å². The third-order valence-electron chi connectivity index (χ3n) is 3.53. The smallest absolute Gasteiger partial charge is 0.149 e. The number of pyridine rings is 1. The molecule has 0 radical (unpaired) electrons. The zero-order valence-electron chi connectivity index (χ0n) is 10.5. The van der Waals surface area contributed by atoms with E-state index < -0.39 is 0 Å². The molecule has 0 aliphatic heterocycles. The van der Waals surface area contributed by atoms with Crippen molar-refractivity contribution in [2.24, 2.45) is 0 Å². The highest BCUT2D eigenvalue weighted by Gasteiger charge is 2.25. The van der Waals surface area contributed by atoms with E-state index >= 15 is 0 Å². The van der Waals surface area contributed by atoms with Gasteiger partial charge in [0.05, 0.1) is 5.69 Å². The van der Waals surface area contributed by atoms with Gasteiger partial charge in [0.1, 0.15) is 5.82 Å². The Hall–Kier alpha value is -2.03. The number of nitrogens with zero attached hydrogens (tertiary/aromatic N) is 1. The quantitative estimate of drug-likeness (QED) is 0.866. The average Bonchev–Trinajstić information content (AvgIpc) is 2.33. The molecule has 3 rings (SSSR count). The predicted octanol–water partition coefficient (Wildman–Crippen LogP) is 2.72. The normalized spacial score (nSPS) is 16.8. The van der Waals surface area contributed by atoms with Gasteiger partial charge in [-0.3, -0.25) is 0 Å². The highest BCUT2D eigenvalue weighted by molar-refractivity contribution is 5.62. The Balaban J connectivity index is 1.66. The van der Waals surface area contributed by atoms with E-state index in [1.54, 1.807) is 0 Å². The van der Waals surface area contributed by atoms with E-state index in [1.807, 2.05) is 19.2 Å². The molecule has 92 valence electrons. The Morgan fingerprint density at radius 1 is 1.39 bits per heavy atom. The van der Waals surface area contributed by atoms with Crippen LogP contribution in [-0.2, 0) is 6.42 Å². The van der Waals surface area contributed by atoms with E-state index in [0.717, 1.165) is 30.0 Å². The summed E-state index contributed by atoms with van der Waals surface area (Å²) >= 11 is 0. The first-order valence-corrected chi connectivity index (χ1v) is 6.28. The van der Waals surface area contributed by atoms with Crippen LogP contribution in [0, 0.1) is 6.92 Å². The van der Waals surface area contributed by atoms with Crippen molar-refractivity contribution >= 4 is 11.5 Å². The molecular weight excluding hydrogens is 222 g/mol. The lowest BCUT2D eigenvalue weighted by atomic mass is 9.77. The van der Waals surface area contributed by atoms with Gasteiger partial charge < -0.3 is 11.1 Å². The first-order valence-electron chi connectivity index (χ1n) is 6.28. The van der Waals surface area contributed by atoms with E-state index in [0.29, 0.717) is 5.92 Å². The summed E-state index contributed by atoms with van der Waals surface area (Å²) in [7, 11) is 0. The predicted molar refractivity (Wildman–Crippen MR) is 74.8 cm³/mol. The number of hydrogen-bond acceptors (Lipinski definition) is 3. The number of nitrogen functional groups attached to an aromatic ring is 1. The molecule has 2 aromatic rings. The first-order chi connectivity index (χ1) is 8.74. The zero-order chi connectivity index (χ0) is 12.5. The second-order valence-electron chi connectivity index (χ2n) is 4.93. The number of aryl methyl sites for hydroxylation is 1. The lowest BCUT2D eigenvalue weighted by molar-refractivity contribution is 0.635. The van der Waals surface area contributed by atoms with Crippen LogP contribution in [0.15, 0.2) is 36.5 Å². The fraction of sp³-hybridized carbons (Fsp3) is 0.267. The second-order valence-corrected chi connectivity index (χ2v) is 4.93. The molecule has 1 heterocycles. The number of nitrogens with two attached hydrogens (primary N) is 1. The van der Waals surface area contributed by atoms with Crippen LogP contribution in [0.25, 0.3) is 0 Å². The van der Waals surface area contributed by atoms with Crippen LogP contribution < -0.4 is 11.1 Å². The lowest BCUT2D eigenvalue weighted by Crippen LogP contribution is -2.24. The Kier molecular flexibility index (Phi) is 2.67. The molecular formula is C15H17N3. The third-order valence-corrected chi connectivity index (χ3v) is 3.53. The van der Waals surface area contributed by atoms with Gasteiger partial charge in [-0.2, -0.15) is 0 Å². The molecule has 3 heteroatoms. The number of fused-ring (bicyclic) bond motifs is 1.